The smallest absolute Gasteiger partial charge is 0.308 e. The fourth-order valence-corrected chi connectivity index (χ4v) is 1.66. The van der Waals surface area contributed by atoms with Crippen molar-refractivity contribution >= 4 is 18.4 Å². The molecule has 0 aromatic rings. The van der Waals surface area contributed by atoms with E-state index in [1.807, 2.05) is 13.8 Å². The molecule has 0 saturated carbocycles. The zero-order valence-electron chi connectivity index (χ0n) is 9.62. The summed E-state index contributed by atoms with van der Waals surface area (Å²) in [6.45, 7) is 6.56. The number of rotatable bonds is 4. The summed E-state index contributed by atoms with van der Waals surface area (Å²) in [4.78, 5) is 11.1. The Morgan fingerprint density at radius 1 is 1.40 bits per heavy atom. The summed E-state index contributed by atoms with van der Waals surface area (Å²) in [7, 11) is 0. The molecule has 15 heavy (non-hydrogen) atoms. The zero-order valence-corrected chi connectivity index (χ0v) is 10.4. The molecule has 0 atom stereocenters. The first kappa shape index (κ1) is 14.7. The molecule has 4 heteroatoms. The Morgan fingerprint density at radius 2 is 2.00 bits per heavy atom. The molecule has 0 unspecified atom stereocenters. The standard InChI is InChI=1S/C11H21NO2.ClH/c1-9(2)11(13)14-8-5-10-3-6-12-7-4-10;/h9-10,12H,3-8H2,1-2H3;1H. The number of nitrogens with one attached hydrogen (secondary N) is 1. The quantitative estimate of drug-likeness (QED) is 0.758. The van der Waals surface area contributed by atoms with E-state index in [0.717, 1.165) is 25.4 Å². The molecule has 1 heterocycles. The molecule has 1 saturated heterocycles. The molecule has 1 fully saturated rings. The highest BCUT2D eigenvalue weighted by atomic mass is 35.5. The topological polar surface area (TPSA) is 38.3 Å². The summed E-state index contributed by atoms with van der Waals surface area (Å²) in [5.41, 5.74) is 0. The van der Waals surface area contributed by atoms with Crippen LogP contribution in [0.5, 0.6) is 0 Å². The lowest BCUT2D eigenvalue weighted by molar-refractivity contribution is -0.147. The van der Waals surface area contributed by atoms with E-state index in [2.05, 4.69) is 5.32 Å². The van der Waals surface area contributed by atoms with Gasteiger partial charge in [-0.25, -0.2) is 0 Å². The van der Waals surface area contributed by atoms with Gasteiger partial charge in [0.15, 0.2) is 0 Å². The molecule has 90 valence electrons. The number of ether oxygens (including phenoxy) is 1. The highest BCUT2D eigenvalue weighted by Gasteiger charge is 2.14. The van der Waals surface area contributed by atoms with Crippen molar-refractivity contribution in [2.75, 3.05) is 19.7 Å². The van der Waals surface area contributed by atoms with Crippen molar-refractivity contribution in [3.8, 4) is 0 Å². The lowest BCUT2D eigenvalue weighted by Crippen LogP contribution is -2.28. The minimum atomic E-state index is -0.0704. The molecule has 1 N–H and O–H groups in total. The maximum absolute atomic E-state index is 11.1. The number of hydrogen-bond donors (Lipinski definition) is 1. The maximum atomic E-state index is 11.1. The highest BCUT2D eigenvalue weighted by Crippen LogP contribution is 2.15. The second-order valence-electron chi connectivity index (χ2n) is 4.30. The van der Waals surface area contributed by atoms with Crippen LogP contribution < -0.4 is 5.32 Å². The van der Waals surface area contributed by atoms with Crippen molar-refractivity contribution in [3.05, 3.63) is 0 Å². The van der Waals surface area contributed by atoms with Crippen molar-refractivity contribution in [1.82, 2.24) is 5.32 Å². The first-order chi connectivity index (χ1) is 6.70. The van der Waals surface area contributed by atoms with Crippen molar-refractivity contribution in [2.45, 2.75) is 33.1 Å². The van der Waals surface area contributed by atoms with E-state index in [0.29, 0.717) is 6.61 Å². The summed E-state index contributed by atoms with van der Waals surface area (Å²) in [5, 5.41) is 3.32. The fourth-order valence-electron chi connectivity index (χ4n) is 1.66. The largest absolute Gasteiger partial charge is 0.465 e. The van der Waals surface area contributed by atoms with E-state index in [1.54, 1.807) is 0 Å². The Hall–Kier alpha value is -0.280. The van der Waals surface area contributed by atoms with Crippen LogP contribution in [0.1, 0.15) is 33.1 Å². The third-order valence-electron chi connectivity index (χ3n) is 2.70. The van der Waals surface area contributed by atoms with Gasteiger partial charge >= 0.3 is 5.97 Å². The van der Waals surface area contributed by atoms with Gasteiger partial charge in [-0.1, -0.05) is 13.8 Å². The van der Waals surface area contributed by atoms with Crippen molar-refractivity contribution in [3.63, 3.8) is 0 Å². The molecule has 0 aliphatic carbocycles. The van der Waals surface area contributed by atoms with Gasteiger partial charge in [0.05, 0.1) is 12.5 Å². The molecule has 0 spiro atoms. The van der Waals surface area contributed by atoms with E-state index < -0.39 is 0 Å². The molecule has 0 bridgehead atoms. The normalized spacial score (nSPS) is 17.3. The number of piperidine rings is 1. The third-order valence-corrected chi connectivity index (χ3v) is 2.70. The van der Waals surface area contributed by atoms with Crippen LogP contribution in [-0.4, -0.2) is 25.7 Å². The van der Waals surface area contributed by atoms with Gasteiger partial charge in [-0.05, 0) is 38.3 Å². The minimum absolute atomic E-state index is 0. The number of halogens is 1. The Bertz CT molecular complexity index is 179. The first-order valence-corrected chi connectivity index (χ1v) is 5.57. The van der Waals surface area contributed by atoms with Gasteiger partial charge in [-0.2, -0.15) is 0 Å². The predicted octanol–water partition coefficient (Wildman–Crippen LogP) is 2.00. The van der Waals surface area contributed by atoms with Crippen LogP contribution >= 0.6 is 12.4 Å². The molecule has 1 aliphatic rings. The van der Waals surface area contributed by atoms with E-state index in [4.69, 9.17) is 4.74 Å². The summed E-state index contributed by atoms with van der Waals surface area (Å²) in [6.07, 6.45) is 3.47. The predicted molar refractivity (Wildman–Crippen MR) is 63.3 cm³/mol. The van der Waals surface area contributed by atoms with Crippen LogP contribution in [0.15, 0.2) is 0 Å². The van der Waals surface area contributed by atoms with Gasteiger partial charge in [0, 0.05) is 0 Å². The van der Waals surface area contributed by atoms with Gasteiger partial charge in [0.25, 0.3) is 0 Å². The van der Waals surface area contributed by atoms with Gasteiger partial charge in [0.2, 0.25) is 0 Å². The molecular formula is C11H22ClNO2. The van der Waals surface area contributed by atoms with Gasteiger partial charge < -0.3 is 10.1 Å². The first-order valence-electron chi connectivity index (χ1n) is 5.57. The lowest BCUT2D eigenvalue weighted by atomic mass is 9.95. The van der Waals surface area contributed by atoms with E-state index >= 15 is 0 Å². The van der Waals surface area contributed by atoms with Crippen molar-refractivity contribution < 1.29 is 9.53 Å². The maximum Gasteiger partial charge on any atom is 0.308 e. The van der Waals surface area contributed by atoms with Crippen LogP contribution in [-0.2, 0) is 9.53 Å². The number of hydrogen-bond acceptors (Lipinski definition) is 3. The highest BCUT2D eigenvalue weighted by molar-refractivity contribution is 5.85. The number of carbonyl (C=O) groups is 1. The summed E-state index contributed by atoms with van der Waals surface area (Å²) in [5.74, 6) is 0.679. The van der Waals surface area contributed by atoms with Crippen molar-refractivity contribution in [2.24, 2.45) is 11.8 Å². The average Bonchev–Trinajstić information content (AvgIpc) is 2.19. The molecule has 0 aromatic carbocycles. The van der Waals surface area contributed by atoms with E-state index in [9.17, 15) is 4.79 Å². The molecule has 3 nitrogen and oxygen atoms in total. The van der Waals surface area contributed by atoms with Crippen LogP contribution in [0.4, 0.5) is 0 Å². The minimum Gasteiger partial charge on any atom is -0.465 e. The Balaban J connectivity index is 0.00000196. The molecule has 1 rings (SSSR count). The van der Waals surface area contributed by atoms with Gasteiger partial charge in [-0.15, -0.1) is 12.4 Å². The average molecular weight is 236 g/mol. The van der Waals surface area contributed by atoms with Crippen LogP contribution in [0, 0.1) is 11.8 Å². The second-order valence-corrected chi connectivity index (χ2v) is 4.30. The van der Waals surface area contributed by atoms with Gasteiger partial charge in [-0.3, -0.25) is 4.79 Å². The van der Waals surface area contributed by atoms with Crippen molar-refractivity contribution in [1.29, 1.82) is 0 Å². The number of carbonyl (C=O) groups excluding carboxylic acids is 1. The van der Waals surface area contributed by atoms with E-state index in [1.165, 1.54) is 12.8 Å². The Morgan fingerprint density at radius 3 is 2.53 bits per heavy atom. The summed E-state index contributed by atoms with van der Waals surface area (Å²) in [6, 6.07) is 0. The zero-order chi connectivity index (χ0) is 10.4. The summed E-state index contributed by atoms with van der Waals surface area (Å²) < 4.78 is 5.15. The summed E-state index contributed by atoms with van der Waals surface area (Å²) >= 11 is 0. The Labute approximate surface area is 98.4 Å². The van der Waals surface area contributed by atoms with Crippen LogP contribution in [0.2, 0.25) is 0 Å². The molecule has 1 aliphatic heterocycles. The molecule has 0 amide bonds. The lowest BCUT2D eigenvalue weighted by Gasteiger charge is -2.22. The molecule has 0 aromatic heterocycles. The van der Waals surface area contributed by atoms with Crippen LogP contribution in [0.25, 0.3) is 0 Å². The van der Waals surface area contributed by atoms with Crippen LogP contribution in [0.3, 0.4) is 0 Å². The molecule has 0 radical (unpaired) electrons. The van der Waals surface area contributed by atoms with E-state index in [-0.39, 0.29) is 24.3 Å². The fraction of sp³-hybridized carbons (Fsp3) is 0.909. The third kappa shape index (κ3) is 6.00. The number of esters is 1. The Kier molecular flexibility index (Phi) is 7.79. The second kappa shape index (κ2) is 7.94. The molecular weight excluding hydrogens is 214 g/mol. The monoisotopic (exact) mass is 235 g/mol. The SMILES string of the molecule is CC(C)C(=O)OCCC1CCNCC1.Cl. The van der Waals surface area contributed by atoms with Gasteiger partial charge in [0.1, 0.15) is 0 Å².